The van der Waals surface area contributed by atoms with Gasteiger partial charge >= 0.3 is 0 Å². The topological polar surface area (TPSA) is 20.2 Å². The molecule has 2 heteroatoms. The molecule has 1 N–H and O–H groups in total. The summed E-state index contributed by atoms with van der Waals surface area (Å²) < 4.78 is 0. The Bertz CT molecular complexity index is 320. The van der Waals surface area contributed by atoms with E-state index in [-0.39, 0.29) is 0 Å². The minimum atomic E-state index is -0.751. The first-order valence-electron chi connectivity index (χ1n) is 6.04. The van der Waals surface area contributed by atoms with Crippen LogP contribution in [0.15, 0.2) is 24.3 Å². The van der Waals surface area contributed by atoms with Gasteiger partial charge in [0.2, 0.25) is 0 Å². The molecule has 0 radical (unpaired) electrons. The SMILES string of the molecule is CCCCCCC(C)(O)c1cccc(Cl)c1. The maximum Gasteiger partial charge on any atom is 0.0869 e. The van der Waals surface area contributed by atoms with E-state index in [1.807, 2.05) is 31.2 Å². The maximum atomic E-state index is 10.4. The van der Waals surface area contributed by atoms with Gasteiger partial charge in [-0.15, -0.1) is 0 Å². The van der Waals surface area contributed by atoms with Crippen LogP contribution in [0.5, 0.6) is 0 Å². The van der Waals surface area contributed by atoms with Crippen molar-refractivity contribution in [3.05, 3.63) is 34.9 Å². The molecule has 1 rings (SSSR count). The van der Waals surface area contributed by atoms with Gasteiger partial charge in [-0.05, 0) is 31.0 Å². The van der Waals surface area contributed by atoms with Crippen molar-refractivity contribution >= 4 is 11.6 Å². The van der Waals surface area contributed by atoms with Gasteiger partial charge in [-0.3, -0.25) is 0 Å². The van der Waals surface area contributed by atoms with Gasteiger partial charge in [0, 0.05) is 5.02 Å². The van der Waals surface area contributed by atoms with Crippen LogP contribution in [0, 0.1) is 0 Å². The van der Waals surface area contributed by atoms with E-state index in [1.54, 1.807) is 0 Å². The zero-order valence-corrected chi connectivity index (χ0v) is 10.9. The molecular weight excluding hydrogens is 220 g/mol. The van der Waals surface area contributed by atoms with E-state index in [1.165, 1.54) is 19.3 Å². The molecule has 0 saturated carbocycles. The largest absolute Gasteiger partial charge is 0.385 e. The maximum absolute atomic E-state index is 10.4. The van der Waals surface area contributed by atoms with Crippen LogP contribution in [0.25, 0.3) is 0 Å². The van der Waals surface area contributed by atoms with E-state index in [0.717, 1.165) is 18.4 Å². The summed E-state index contributed by atoms with van der Waals surface area (Å²) in [6, 6.07) is 7.50. The lowest BCUT2D eigenvalue weighted by Crippen LogP contribution is -2.20. The van der Waals surface area contributed by atoms with E-state index >= 15 is 0 Å². The summed E-state index contributed by atoms with van der Waals surface area (Å²) in [5, 5.41) is 11.0. The number of hydrogen-bond acceptors (Lipinski definition) is 1. The van der Waals surface area contributed by atoms with E-state index in [0.29, 0.717) is 5.02 Å². The van der Waals surface area contributed by atoms with Crippen molar-refractivity contribution in [3.63, 3.8) is 0 Å². The summed E-state index contributed by atoms with van der Waals surface area (Å²) in [5.74, 6) is 0. The molecule has 0 heterocycles. The minimum Gasteiger partial charge on any atom is -0.385 e. The fourth-order valence-corrected chi connectivity index (χ4v) is 2.05. The molecule has 0 amide bonds. The van der Waals surface area contributed by atoms with Crippen LogP contribution < -0.4 is 0 Å². The fraction of sp³-hybridized carbons (Fsp3) is 0.571. The van der Waals surface area contributed by atoms with Gasteiger partial charge in [0.25, 0.3) is 0 Å². The summed E-state index contributed by atoms with van der Waals surface area (Å²) in [6.07, 6.45) is 5.51. The van der Waals surface area contributed by atoms with Crippen LogP contribution in [0.3, 0.4) is 0 Å². The van der Waals surface area contributed by atoms with Gasteiger partial charge in [-0.2, -0.15) is 0 Å². The smallest absolute Gasteiger partial charge is 0.0869 e. The van der Waals surface area contributed by atoms with E-state index in [9.17, 15) is 5.11 Å². The van der Waals surface area contributed by atoms with Gasteiger partial charge in [0.15, 0.2) is 0 Å². The van der Waals surface area contributed by atoms with Crippen LogP contribution in [-0.4, -0.2) is 5.11 Å². The van der Waals surface area contributed by atoms with E-state index < -0.39 is 5.60 Å². The van der Waals surface area contributed by atoms with Gasteiger partial charge in [-0.25, -0.2) is 0 Å². The predicted octanol–water partition coefficient (Wildman–Crippen LogP) is 4.52. The summed E-state index contributed by atoms with van der Waals surface area (Å²) >= 11 is 5.92. The quantitative estimate of drug-likeness (QED) is 0.725. The third-order valence-corrected chi connectivity index (χ3v) is 3.20. The number of benzene rings is 1. The Balaban J connectivity index is 2.55. The molecular formula is C14H21ClO. The first-order chi connectivity index (χ1) is 7.56. The molecule has 1 nitrogen and oxygen atoms in total. The van der Waals surface area contributed by atoms with Crippen LogP contribution in [0.1, 0.15) is 51.5 Å². The molecule has 0 aromatic heterocycles. The lowest BCUT2D eigenvalue weighted by Gasteiger charge is -2.24. The molecule has 0 fully saturated rings. The monoisotopic (exact) mass is 240 g/mol. The normalized spacial score (nSPS) is 14.8. The average molecular weight is 241 g/mol. The fourth-order valence-electron chi connectivity index (χ4n) is 1.86. The Morgan fingerprint density at radius 2 is 2.00 bits per heavy atom. The van der Waals surface area contributed by atoms with Crippen LogP contribution >= 0.6 is 11.6 Å². The second-order valence-corrected chi connectivity index (χ2v) is 5.03. The standard InChI is InChI=1S/C14H21ClO/c1-3-4-5-6-10-14(2,16)12-8-7-9-13(15)11-12/h7-9,11,16H,3-6,10H2,1-2H3. The zero-order valence-electron chi connectivity index (χ0n) is 10.2. The Morgan fingerprint density at radius 3 is 2.62 bits per heavy atom. The highest BCUT2D eigenvalue weighted by Crippen LogP contribution is 2.28. The van der Waals surface area contributed by atoms with Gasteiger partial charge < -0.3 is 5.11 Å². The predicted molar refractivity (Wildman–Crippen MR) is 69.8 cm³/mol. The van der Waals surface area contributed by atoms with Gasteiger partial charge in [0.05, 0.1) is 5.60 Å². The molecule has 16 heavy (non-hydrogen) atoms. The number of halogens is 1. The number of rotatable bonds is 6. The molecule has 1 aromatic carbocycles. The first kappa shape index (κ1) is 13.5. The van der Waals surface area contributed by atoms with Crippen LogP contribution in [0.4, 0.5) is 0 Å². The molecule has 0 aliphatic carbocycles. The van der Waals surface area contributed by atoms with E-state index in [2.05, 4.69) is 6.92 Å². The van der Waals surface area contributed by atoms with Crippen molar-refractivity contribution in [2.75, 3.05) is 0 Å². The summed E-state index contributed by atoms with van der Waals surface area (Å²) in [6.45, 7) is 4.06. The third kappa shape index (κ3) is 4.15. The van der Waals surface area contributed by atoms with Crippen molar-refractivity contribution < 1.29 is 5.11 Å². The van der Waals surface area contributed by atoms with Crippen molar-refractivity contribution in [3.8, 4) is 0 Å². The molecule has 0 saturated heterocycles. The average Bonchev–Trinajstić information content (AvgIpc) is 2.24. The Morgan fingerprint density at radius 1 is 1.25 bits per heavy atom. The second kappa shape index (κ2) is 6.27. The van der Waals surface area contributed by atoms with Crippen molar-refractivity contribution in [1.29, 1.82) is 0 Å². The number of hydrogen-bond donors (Lipinski definition) is 1. The summed E-state index contributed by atoms with van der Waals surface area (Å²) in [7, 11) is 0. The lowest BCUT2D eigenvalue weighted by atomic mass is 9.90. The highest BCUT2D eigenvalue weighted by molar-refractivity contribution is 6.30. The molecule has 1 atom stereocenters. The highest BCUT2D eigenvalue weighted by Gasteiger charge is 2.22. The Kier molecular flexibility index (Phi) is 5.30. The molecule has 1 unspecified atom stereocenters. The Labute approximate surface area is 103 Å². The highest BCUT2D eigenvalue weighted by atomic mass is 35.5. The van der Waals surface area contributed by atoms with E-state index in [4.69, 9.17) is 11.6 Å². The number of unbranched alkanes of at least 4 members (excludes halogenated alkanes) is 3. The molecule has 90 valence electrons. The first-order valence-corrected chi connectivity index (χ1v) is 6.42. The molecule has 1 aromatic rings. The van der Waals surface area contributed by atoms with Crippen molar-refractivity contribution in [1.82, 2.24) is 0 Å². The van der Waals surface area contributed by atoms with Crippen LogP contribution in [-0.2, 0) is 5.60 Å². The van der Waals surface area contributed by atoms with Crippen molar-refractivity contribution in [2.45, 2.75) is 51.6 Å². The van der Waals surface area contributed by atoms with Gasteiger partial charge in [-0.1, -0.05) is 56.3 Å². The molecule has 0 aliphatic heterocycles. The summed E-state index contributed by atoms with van der Waals surface area (Å²) in [5.41, 5.74) is 0.162. The van der Waals surface area contributed by atoms with Gasteiger partial charge in [0.1, 0.15) is 0 Å². The molecule has 0 bridgehead atoms. The Hall–Kier alpha value is -0.530. The van der Waals surface area contributed by atoms with Crippen LogP contribution in [0.2, 0.25) is 5.02 Å². The molecule has 0 aliphatic rings. The zero-order chi connectivity index (χ0) is 12.0. The second-order valence-electron chi connectivity index (χ2n) is 4.59. The third-order valence-electron chi connectivity index (χ3n) is 2.96. The summed E-state index contributed by atoms with van der Waals surface area (Å²) in [4.78, 5) is 0. The molecule has 0 spiro atoms. The number of aliphatic hydroxyl groups is 1. The lowest BCUT2D eigenvalue weighted by molar-refractivity contribution is 0.0448. The van der Waals surface area contributed by atoms with Crippen molar-refractivity contribution in [2.24, 2.45) is 0 Å². The minimum absolute atomic E-state index is 0.686.